The number of hydrogen-bond donors (Lipinski definition) is 0. The summed E-state index contributed by atoms with van der Waals surface area (Å²) in [5.74, 6) is -0.945. The molecule has 0 spiro atoms. The first-order valence-electron chi connectivity index (χ1n) is 9.70. The minimum Gasteiger partial charge on any atom is -0.337 e. The molecule has 0 N–H and O–H groups in total. The number of likely N-dealkylation sites (tertiary alicyclic amines) is 1. The highest BCUT2D eigenvalue weighted by molar-refractivity contribution is 7.89. The van der Waals surface area contributed by atoms with Gasteiger partial charge in [0.15, 0.2) is 0 Å². The van der Waals surface area contributed by atoms with Crippen molar-refractivity contribution in [1.29, 1.82) is 0 Å². The Hall–Kier alpha value is -2.41. The monoisotopic (exact) mass is 400 g/mol. The number of rotatable bonds is 4. The minimum absolute atomic E-state index is 0.105. The van der Waals surface area contributed by atoms with Gasteiger partial charge in [-0.1, -0.05) is 43.7 Å². The normalized spacial score (nSPS) is 24.8. The lowest BCUT2D eigenvalue weighted by molar-refractivity contribution is -0.132. The molecule has 2 heterocycles. The lowest BCUT2D eigenvalue weighted by Crippen LogP contribution is -2.42. The van der Waals surface area contributed by atoms with Crippen LogP contribution in [0.3, 0.4) is 0 Å². The lowest BCUT2D eigenvalue weighted by Gasteiger charge is -2.26. The molecule has 0 radical (unpaired) electrons. The Labute approximate surface area is 165 Å². The fourth-order valence-corrected chi connectivity index (χ4v) is 6.43. The highest BCUT2D eigenvalue weighted by atomic mass is 32.2. The first-order chi connectivity index (χ1) is 13.4. The molecule has 3 atom stereocenters. The predicted octanol–water partition coefficient (Wildman–Crippen LogP) is 2.78. The maximum atomic E-state index is 13.5. The topological polar surface area (TPSA) is 74.8 Å². The van der Waals surface area contributed by atoms with Crippen molar-refractivity contribution in [3.05, 3.63) is 42.5 Å². The maximum Gasteiger partial charge on any atom is 0.266 e. The van der Waals surface area contributed by atoms with Gasteiger partial charge in [0.25, 0.3) is 10.0 Å². The molecule has 0 aliphatic carbocycles. The molecule has 0 bridgehead atoms. The molecule has 0 saturated carbocycles. The van der Waals surface area contributed by atoms with E-state index < -0.39 is 22.0 Å². The Balaban J connectivity index is 1.77. The van der Waals surface area contributed by atoms with E-state index in [1.807, 2.05) is 31.2 Å². The molecule has 148 valence electrons. The number of hydrogen-bond acceptors (Lipinski definition) is 4. The summed E-state index contributed by atoms with van der Waals surface area (Å²) in [6.45, 7) is 3.94. The van der Waals surface area contributed by atoms with E-state index in [0.29, 0.717) is 19.4 Å². The van der Waals surface area contributed by atoms with Crippen LogP contribution < -0.4 is 0 Å². The molecule has 28 heavy (non-hydrogen) atoms. The van der Waals surface area contributed by atoms with Crippen LogP contribution in [0.5, 0.6) is 0 Å². The van der Waals surface area contributed by atoms with E-state index in [1.54, 1.807) is 23.1 Å². The van der Waals surface area contributed by atoms with Gasteiger partial charge in [-0.2, -0.15) is 0 Å². The highest BCUT2D eigenvalue weighted by Crippen LogP contribution is 2.41. The molecule has 2 aromatic rings. The summed E-state index contributed by atoms with van der Waals surface area (Å²) in [6.07, 6.45) is 1.83. The SMILES string of the molecule is CCC[C@H]1C(=O)N(S(=O)(=O)c2ccc3ccccc3c2)[C@H]2CCN(C(C)=O)[C@H]12. The third-order valence-electron chi connectivity index (χ3n) is 5.95. The van der Waals surface area contributed by atoms with Crippen molar-refractivity contribution < 1.29 is 18.0 Å². The first-order valence-corrected chi connectivity index (χ1v) is 11.1. The first kappa shape index (κ1) is 18.9. The summed E-state index contributed by atoms with van der Waals surface area (Å²) in [7, 11) is -3.99. The van der Waals surface area contributed by atoms with Gasteiger partial charge in [0.1, 0.15) is 0 Å². The highest BCUT2D eigenvalue weighted by Gasteiger charge is 2.57. The zero-order chi connectivity index (χ0) is 20.1. The van der Waals surface area contributed by atoms with Crippen LogP contribution in [-0.2, 0) is 19.6 Å². The summed E-state index contributed by atoms with van der Waals surface area (Å²) >= 11 is 0. The average molecular weight is 401 g/mol. The van der Waals surface area contributed by atoms with Crippen LogP contribution in [0.15, 0.2) is 47.4 Å². The third kappa shape index (κ3) is 2.80. The molecule has 2 fully saturated rings. The molecule has 2 saturated heterocycles. The smallest absolute Gasteiger partial charge is 0.266 e. The van der Waals surface area contributed by atoms with Crippen molar-refractivity contribution in [3.63, 3.8) is 0 Å². The van der Waals surface area contributed by atoms with E-state index in [9.17, 15) is 18.0 Å². The number of fused-ring (bicyclic) bond motifs is 2. The second-order valence-electron chi connectivity index (χ2n) is 7.60. The minimum atomic E-state index is -3.99. The number of nitrogens with zero attached hydrogens (tertiary/aromatic N) is 2. The zero-order valence-electron chi connectivity index (χ0n) is 16.0. The number of carbonyl (C=O) groups is 2. The van der Waals surface area contributed by atoms with E-state index >= 15 is 0 Å². The molecule has 7 heteroatoms. The Bertz CT molecular complexity index is 1050. The quantitative estimate of drug-likeness (QED) is 0.791. The van der Waals surface area contributed by atoms with Crippen molar-refractivity contribution in [2.45, 2.75) is 50.1 Å². The Morgan fingerprint density at radius 2 is 1.86 bits per heavy atom. The fraction of sp³-hybridized carbons (Fsp3) is 0.429. The summed E-state index contributed by atoms with van der Waals surface area (Å²) < 4.78 is 28.0. The van der Waals surface area contributed by atoms with Crippen molar-refractivity contribution >= 4 is 32.6 Å². The van der Waals surface area contributed by atoms with Gasteiger partial charge < -0.3 is 4.90 Å². The molecule has 2 aliphatic rings. The van der Waals surface area contributed by atoms with Crippen LogP contribution in [0.4, 0.5) is 0 Å². The molecule has 4 rings (SSSR count). The van der Waals surface area contributed by atoms with Crippen LogP contribution in [0.25, 0.3) is 10.8 Å². The molecule has 0 aromatic heterocycles. The molecule has 2 aliphatic heterocycles. The Morgan fingerprint density at radius 3 is 2.54 bits per heavy atom. The van der Waals surface area contributed by atoms with Crippen LogP contribution in [0.1, 0.15) is 33.1 Å². The third-order valence-corrected chi connectivity index (χ3v) is 7.77. The van der Waals surface area contributed by atoms with E-state index in [0.717, 1.165) is 21.5 Å². The number of amides is 2. The second kappa shape index (κ2) is 6.88. The van der Waals surface area contributed by atoms with Crippen molar-refractivity contribution in [2.75, 3.05) is 6.54 Å². The van der Waals surface area contributed by atoms with Crippen molar-refractivity contribution in [1.82, 2.24) is 9.21 Å². The van der Waals surface area contributed by atoms with E-state index in [4.69, 9.17) is 0 Å². The van der Waals surface area contributed by atoms with Gasteiger partial charge >= 0.3 is 0 Å². The molecule has 6 nitrogen and oxygen atoms in total. The summed E-state index contributed by atoms with van der Waals surface area (Å²) in [6, 6.07) is 11.6. The van der Waals surface area contributed by atoms with Crippen LogP contribution >= 0.6 is 0 Å². The molecule has 2 amide bonds. The zero-order valence-corrected chi connectivity index (χ0v) is 16.9. The van der Waals surface area contributed by atoms with E-state index in [-0.39, 0.29) is 22.8 Å². The van der Waals surface area contributed by atoms with Crippen LogP contribution in [0.2, 0.25) is 0 Å². The Morgan fingerprint density at radius 1 is 1.14 bits per heavy atom. The molecular formula is C21H24N2O4S. The number of benzene rings is 2. The van der Waals surface area contributed by atoms with Crippen LogP contribution in [0, 0.1) is 5.92 Å². The summed E-state index contributed by atoms with van der Waals surface area (Å²) in [4.78, 5) is 27.0. The second-order valence-corrected chi connectivity index (χ2v) is 9.42. The van der Waals surface area contributed by atoms with Crippen molar-refractivity contribution in [2.24, 2.45) is 5.92 Å². The maximum absolute atomic E-state index is 13.5. The summed E-state index contributed by atoms with van der Waals surface area (Å²) in [5, 5.41) is 1.76. The Kier molecular flexibility index (Phi) is 4.65. The standard InChI is InChI=1S/C21H24N2O4S/c1-3-6-18-20-19(11-12-22(20)14(2)24)23(21(18)25)28(26,27)17-10-9-15-7-4-5-8-16(15)13-17/h4-5,7-10,13,18-20H,3,6,11-12H2,1-2H3/t18-,19+,20-/m1/s1. The van der Waals surface area contributed by atoms with Gasteiger partial charge in [-0.05, 0) is 35.7 Å². The molecule has 0 unspecified atom stereocenters. The fourth-order valence-electron chi connectivity index (χ4n) is 4.72. The van der Waals surface area contributed by atoms with Gasteiger partial charge in [-0.15, -0.1) is 0 Å². The van der Waals surface area contributed by atoms with Gasteiger partial charge in [-0.3, -0.25) is 9.59 Å². The van der Waals surface area contributed by atoms with Gasteiger partial charge in [0.05, 0.1) is 22.9 Å². The molecule has 2 aromatic carbocycles. The average Bonchev–Trinajstić information content (AvgIpc) is 3.20. The summed E-state index contributed by atoms with van der Waals surface area (Å²) in [5.41, 5.74) is 0. The van der Waals surface area contributed by atoms with Gasteiger partial charge in [0, 0.05) is 13.5 Å². The van der Waals surface area contributed by atoms with Gasteiger partial charge in [-0.25, -0.2) is 12.7 Å². The van der Waals surface area contributed by atoms with Crippen molar-refractivity contribution in [3.8, 4) is 0 Å². The van der Waals surface area contributed by atoms with Gasteiger partial charge in [0.2, 0.25) is 11.8 Å². The predicted molar refractivity (Wildman–Crippen MR) is 106 cm³/mol. The van der Waals surface area contributed by atoms with E-state index in [1.165, 1.54) is 6.92 Å². The van der Waals surface area contributed by atoms with Crippen LogP contribution in [-0.4, -0.2) is 48.1 Å². The van der Waals surface area contributed by atoms with E-state index in [2.05, 4.69) is 0 Å². The number of carbonyl (C=O) groups excluding carboxylic acids is 2. The molecular weight excluding hydrogens is 376 g/mol. The number of sulfonamides is 1. The largest absolute Gasteiger partial charge is 0.337 e. The lowest BCUT2D eigenvalue weighted by atomic mass is 9.94.